The number of furan rings is 1. The number of hydrogen-bond donors (Lipinski definition) is 0. The summed E-state index contributed by atoms with van der Waals surface area (Å²) in [7, 11) is 0. The summed E-state index contributed by atoms with van der Waals surface area (Å²) < 4.78 is 8.76. The van der Waals surface area contributed by atoms with E-state index in [4.69, 9.17) is 14.4 Å². The Morgan fingerprint density at radius 1 is 0.540 bits per heavy atom. The molecule has 1 aliphatic rings. The van der Waals surface area contributed by atoms with E-state index >= 15 is 0 Å². The Bertz CT molecular complexity index is 3060. The van der Waals surface area contributed by atoms with Crippen LogP contribution >= 0.6 is 0 Å². The maximum atomic E-state index is 6.56. The SMILES string of the molecule is C=Cc1ccc2c3c(cccc13)-c1c-2oc2ccc(-c3ccc4c(c3)c3ccccc3n4-c3nc(-c4ccccc4)c4ccccc4n3)cc12. The van der Waals surface area contributed by atoms with E-state index in [1.54, 1.807) is 0 Å². The van der Waals surface area contributed by atoms with Crippen molar-refractivity contribution >= 4 is 60.5 Å². The molecule has 4 nitrogen and oxygen atoms in total. The third-order valence-corrected chi connectivity index (χ3v) is 10.3. The fraction of sp³-hybridized carbons (Fsp3) is 0. The molecule has 50 heavy (non-hydrogen) atoms. The first-order chi connectivity index (χ1) is 24.7. The Balaban J connectivity index is 1.11. The highest BCUT2D eigenvalue weighted by Gasteiger charge is 2.28. The van der Waals surface area contributed by atoms with E-state index in [-0.39, 0.29) is 0 Å². The predicted molar refractivity (Wildman–Crippen MR) is 207 cm³/mol. The third kappa shape index (κ3) is 3.70. The Hall–Kier alpha value is -6.78. The van der Waals surface area contributed by atoms with Crippen LogP contribution in [0.15, 0.2) is 157 Å². The molecule has 4 heteroatoms. The molecule has 0 unspecified atom stereocenters. The van der Waals surface area contributed by atoms with Crippen LogP contribution in [-0.4, -0.2) is 14.5 Å². The van der Waals surface area contributed by atoms with Gasteiger partial charge in [0.15, 0.2) is 0 Å². The van der Waals surface area contributed by atoms with Crippen molar-refractivity contribution in [1.82, 2.24) is 14.5 Å². The average molecular weight is 638 g/mol. The standard InChI is InChI=1S/C46H27N3O/c1-2-27-19-22-35-42-31(27)15-10-16-34(42)43-37-26-30(21-24-41(37)50-45(35)43)29-20-23-40-36(25-29)32-13-7-9-18-39(32)49(40)46-47-38-17-8-6-14-33(38)44(48-46)28-11-4-3-5-12-28/h2-26H,1H2. The Morgan fingerprint density at radius 3 is 2.16 bits per heavy atom. The highest BCUT2D eigenvalue weighted by Crippen LogP contribution is 2.53. The van der Waals surface area contributed by atoms with Gasteiger partial charge < -0.3 is 4.42 Å². The van der Waals surface area contributed by atoms with Gasteiger partial charge in [-0.25, -0.2) is 9.97 Å². The van der Waals surface area contributed by atoms with Crippen LogP contribution in [-0.2, 0) is 0 Å². The minimum atomic E-state index is 0.658. The summed E-state index contributed by atoms with van der Waals surface area (Å²) >= 11 is 0. The first kappa shape index (κ1) is 27.2. The molecule has 0 fully saturated rings. The van der Waals surface area contributed by atoms with Gasteiger partial charge in [-0.05, 0) is 70.1 Å². The summed E-state index contributed by atoms with van der Waals surface area (Å²) in [5.74, 6) is 1.60. The zero-order valence-corrected chi connectivity index (χ0v) is 26.9. The van der Waals surface area contributed by atoms with Crippen LogP contribution in [0.25, 0.3) is 111 Å². The molecule has 10 aromatic rings. The summed E-state index contributed by atoms with van der Waals surface area (Å²) in [6.45, 7) is 4.05. The molecule has 3 aromatic heterocycles. The molecule has 0 amide bonds. The highest BCUT2D eigenvalue weighted by molar-refractivity contribution is 6.21. The molecule has 0 spiro atoms. The van der Waals surface area contributed by atoms with Crippen molar-refractivity contribution in [1.29, 1.82) is 0 Å². The van der Waals surface area contributed by atoms with Crippen LogP contribution in [0.4, 0.5) is 0 Å². The second kappa shape index (κ2) is 10.1. The minimum absolute atomic E-state index is 0.658. The Labute approximate surface area is 287 Å². The number of hydrogen-bond acceptors (Lipinski definition) is 3. The van der Waals surface area contributed by atoms with Crippen molar-refractivity contribution in [3.05, 3.63) is 158 Å². The summed E-state index contributed by atoms with van der Waals surface area (Å²) in [6, 6.07) is 51.3. The van der Waals surface area contributed by atoms with E-state index in [0.29, 0.717) is 5.95 Å². The van der Waals surface area contributed by atoms with Gasteiger partial charge in [-0.2, -0.15) is 0 Å². The number of fused-ring (bicyclic) bond motifs is 9. The largest absolute Gasteiger partial charge is 0.455 e. The van der Waals surface area contributed by atoms with Crippen LogP contribution in [0.1, 0.15) is 5.56 Å². The number of rotatable bonds is 4. The Kier molecular flexibility index (Phi) is 5.50. The van der Waals surface area contributed by atoms with Gasteiger partial charge in [0.05, 0.1) is 22.2 Å². The topological polar surface area (TPSA) is 43.9 Å². The van der Waals surface area contributed by atoms with E-state index in [9.17, 15) is 0 Å². The first-order valence-corrected chi connectivity index (χ1v) is 16.9. The summed E-state index contributed by atoms with van der Waals surface area (Å²) in [5.41, 5.74) is 12.9. The van der Waals surface area contributed by atoms with Crippen molar-refractivity contribution in [3.8, 4) is 50.8 Å². The van der Waals surface area contributed by atoms with Crippen molar-refractivity contribution in [3.63, 3.8) is 0 Å². The van der Waals surface area contributed by atoms with E-state index in [1.807, 2.05) is 24.3 Å². The lowest BCUT2D eigenvalue weighted by Crippen LogP contribution is -2.03. The monoisotopic (exact) mass is 637 g/mol. The van der Waals surface area contributed by atoms with Crippen molar-refractivity contribution < 1.29 is 4.42 Å². The van der Waals surface area contributed by atoms with Gasteiger partial charge in [-0.15, -0.1) is 0 Å². The summed E-state index contributed by atoms with van der Waals surface area (Å²) in [4.78, 5) is 10.4. The molecule has 0 saturated carbocycles. The second-order valence-corrected chi connectivity index (χ2v) is 13.0. The lowest BCUT2D eigenvalue weighted by Gasteiger charge is -2.12. The second-order valence-electron chi connectivity index (χ2n) is 13.0. The van der Waals surface area contributed by atoms with Crippen molar-refractivity contribution in [2.45, 2.75) is 0 Å². The zero-order chi connectivity index (χ0) is 32.9. The number of nitrogens with zero attached hydrogens (tertiary/aromatic N) is 3. The molecular formula is C46H27N3O. The zero-order valence-electron chi connectivity index (χ0n) is 26.9. The lowest BCUT2D eigenvalue weighted by atomic mass is 9.97. The quantitative estimate of drug-likeness (QED) is 0.193. The maximum Gasteiger partial charge on any atom is 0.235 e. The van der Waals surface area contributed by atoms with Crippen LogP contribution in [0.5, 0.6) is 0 Å². The molecule has 1 aliphatic carbocycles. The van der Waals surface area contributed by atoms with Crippen molar-refractivity contribution in [2.75, 3.05) is 0 Å². The molecule has 7 aromatic carbocycles. The molecule has 11 rings (SSSR count). The number of para-hydroxylation sites is 2. The summed E-state index contributed by atoms with van der Waals surface area (Å²) in [6.07, 6.45) is 1.93. The van der Waals surface area contributed by atoms with Crippen LogP contribution in [0.3, 0.4) is 0 Å². The van der Waals surface area contributed by atoms with Gasteiger partial charge in [0, 0.05) is 43.6 Å². The smallest absolute Gasteiger partial charge is 0.235 e. The van der Waals surface area contributed by atoms with Gasteiger partial charge in [0.2, 0.25) is 5.95 Å². The van der Waals surface area contributed by atoms with Gasteiger partial charge in [0.25, 0.3) is 0 Å². The molecule has 232 valence electrons. The molecule has 0 saturated heterocycles. The molecule has 0 bridgehead atoms. The number of benzene rings is 7. The lowest BCUT2D eigenvalue weighted by molar-refractivity contribution is 0.634. The first-order valence-electron chi connectivity index (χ1n) is 16.9. The van der Waals surface area contributed by atoms with Crippen molar-refractivity contribution in [2.24, 2.45) is 0 Å². The van der Waals surface area contributed by atoms with Gasteiger partial charge in [0.1, 0.15) is 11.3 Å². The molecule has 0 N–H and O–H groups in total. The van der Waals surface area contributed by atoms with E-state index in [2.05, 4.69) is 139 Å². The molecule has 3 heterocycles. The predicted octanol–water partition coefficient (Wildman–Crippen LogP) is 12.3. The normalized spacial score (nSPS) is 12.1. The van der Waals surface area contributed by atoms with Gasteiger partial charge in [-0.3, -0.25) is 4.57 Å². The average Bonchev–Trinajstić information content (AvgIpc) is 3.82. The highest BCUT2D eigenvalue weighted by atomic mass is 16.3. The van der Waals surface area contributed by atoms with Crippen LogP contribution in [0, 0.1) is 0 Å². The fourth-order valence-electron chi connectivity index (χ4n) is 8.09. The molecule has 0 aliphatic heterocycles. The van der Waals surface area contributed by atoms with Gasteiger partial charge >= 0.3 is 0 Å². The van der Waals surface area contributed by atoms with E-state index < -0.39 is 0 Å². The molecule has 0 atom stereocenters. The molecule has 0 radical (unpaired) electrons. The molecular weight excluding hydrogens is 611 g/mol. The van der Waals surface area contributed by atoms with E-state index in [0.717, 1.165) is 82.9 Å². The minimum Gasteiger partial charge on any atom is -0.455 e. The Morgan fingerprint density at radius 2 is 1.28 bits per heavy atom. The maximum absolute atomic E-state index is 6.56. The van der Waals surface area contributed by atoms with Gasteiger partial charge in [-0.1, -0.05) is 116 Å². The summed E-state index contributed by atoms with van der Waals surface area (Å²) in [5, 5.41) is 6.93. The van der Waals surface area contributed by atoms with E-state index in [1.165, 1.54) is 21.9 Å². The number of aromatic nitrogens is 3. The fourth-order valence-corrected chi connectivity index (χ4v) is 8.09. The van der Waals surface area contributed by atoms with Crippen LogP contribution in [0.2, 0.25) is 0 Å². The van der Waals surface area contributed by atoms with Crippen LogP contribution < -0.4 is 0 Å². The third-order valence-electron chi connectivity index (χ3n) is 10.3.